The lowest BCUT2D eigenvalue weighted by Gasteiger charge is -2.15. The molecular formula is C15H13ClF3N3O3. The summed E-state index contributed by atoms with van der Waals surface area (Å²) in [7, 11) is 0. The fourth-order valence-electron chi connectivity index (χ4n) is 2.08. The van der Waals surface area contributed by atoms with E-state index >= 15 is 0 Å². The van der Waals surface area contributed by atoms with Crippen molar-refractivity contribution >= 4 is 23.5 Å². The van der Waals surface area contributed by atoms with Gasteiger partial charge in [0.25, 0.3) is 5.91 Å². The largest absolute Gasteiger partial charge is 0.480 e. The second kappa shape index (κ2) is 7.14. The number of hydrogen-bond donors (Lipinski definition) is 2. The third-order valence-corrected chi connectivity index (χ3v) is 3.53. The molecule has 2 N–H and O–H groups in total. The highest BCUT2D eigenvalue weighted by atomic mass is 35.5. The number of carbonyl (C=O) groups excluding carboxylic acids is 1. The maximum atomic E-state index is 12.4. The molecule has 25 heavy (non-hydrogen) atoms. The van der Waals surface area contributed by atoms with Crippen molar-refractivity contribution in [1.29, 1.82) is 0 Å². The zero-order chi connectivity index (χ0) is 18.8. The van der Waals surface area contributed by atoms with Crippen LogP contribution in [0, 0.1) is 6.92 Å². The second-order valence-corrected chi connectivity index (χ2v) is 5.67. The SMILES string of the molecule is Cc1nn(-c2ccc(Cl)cc2)cc1C(=O)NC(CC(F)(F)F)C(=O)O. The molecule has 1 unspecified atom stereocenters. The van der Waals surface area contributed by atoms with Crippen LogP contribution in [0.5, 0.6) is 0 Å². The van der Waals surface area contributed by atoms with Gasteiger partial charge in [0.15, 0.2) is 0 Å². The summed E-state index contributed by atoms with van der Waals surface area (Å²) in [5.41, 5.74) is 0.795. The lowest BCUT2D eigenvalue weighted by Crippen LogP contribution is -2.43. The summed E-state index contributed by atoms with van der Waals surface area (Å²) in [6, 6.07) is 4.42. The fraction of sp³-hybridized carbons (Fsp3) is 0.267. The summed E-state index contributed by atoms with van der Waals surface area (Å²) in [6.45, 7) is 1.49. The van der Waals surface area contributed by atoms with Crippen LogP contribution in [0.15, 0.2) is 30.5 Å². The molecule has 0 aliphatic heterocycles. The van der Waals surface area contributed by atoms with Crippen molar-refractivity contribution in [2.45, 2.75) is 25.6 Å². The van der Waals surface area contributed by atoms with E-state index in [-0.39, 0.29) is 11.3 Å². The highest BCUT2D eigenvalue weighted by Crippen LogP contribution is 2.22. The predicted octanol–water partition coefficient (Wildman–Crippen LogP) is 2.97. The zero-order valence-electron chi connectivity index (χ0n) is 12.8. The van der Waals surface area contributed by atoms with Crippen LogP contribution in [0.2, 0.25) is 5.02 Å². The first kappa shape index (κ1) is 18.8. The Morgan fingerprint density at radius 1 is 1.32 bits per heavy atom. The van der Waals surface area contributed by atoms with Crippen LogP contribution in [-0.2, 0) is 4.79 Å². The molecule has 134 valence electrons. The van der Waals surface area contributed by atoms with Gasteiger partial charge < -0.3 is 10.4 Å². The van der Waals surface area contributed by atoms with Gasteiger partial charge in [-0.05, 0) is 31.2 Å². The molecule has 6 nitrogen and oxygen atoms in total. The van der Waals surface area contributed by atoms with E-state index in [2.05, 4.69) is 5.10 Å². The monoisotopic (exact) mass is 375 g/mol. The van der Waals surface area contributed by atoms with Gasteiger partial charge in [-0.15, -0.1) is 0 Å². The van der Waals surface area contributed by atoms with E-state index in [0.29, 0.717) is 10.7 Å². The number of hydrogen-bond acceptors (Lipinski definition) is 3. The summed E-state index contributed by atoms with van der Waals surface area (Å²) in [5, 5.41) is 15.3. The Balaban J connectivity index is 2.21. The van der Waals surface area contributed by atoms with Gasteiger partial charge in [-0.1, -0.05) is 11.6 Å². The molecule has 0 radical (unpaired) electrons. The van der Waals surface area contributed by atoms with Crippen LogP contribution in [-0.4, -0.2) is 39.0 Å². The Hall–Kier alpha value is -2.55. The lowest BCUT2D eigenvalue weighted by molar-refractivity contribution is -0.157. The summed E-state index contributed by atoms with van der Waals surface area (Å²) in [6.07, 6.45) is -5.09. The molecule has 1 amide bonds. The molecule has 1 aromatic carbocycles. The standard InChI is InChI=1S/C15H13ClF3N3O3/c1-8-11(7-22(21-8)10-4-2-9(16)3-5-10)13(23)20-12(14(24)25)6-15(17,18)19/h2-5,7,12H,6H2,1H3,(H,20,23)(H,24,25). The first-order valence-corrected chi connectivity index (χ1v) is 7.37. The maximum Gasteiger partial charge on any atom is 0.391 e. The molecule has 0 bridgehead atoms. The Bertz CT molecular complexity index is 788. The van der Waals surface area contributed by atoms with E-state index in [0.717, 1.165) is 0 Å². The number of alkyl halides is 3. The molecule has 1 aromatic heterocycles. The van der Waals surface area contributed by atoms with Gasteiger partial charge in [0, 0.05) is 11.2 Å². The number of nitrogens with one attached hydrogen (secondary N) is 1. The highest BCUT2D eigenvalue weighted by molar-refractivity contribution is 6.30. The number of aromatic nitrogens is 2. The van der Waals surface area contributed by atoms with Gasteiger partial charge in [0.2, 0.25) is 0 Å². The summed E-state index contributed by atoms with van der Waals surface area (Å²) >= 11 is 5.78. The van der Waals surface area contributed by atoms with Crippen molar-refractivity contribution in [3.05, 3.63) is 46.7 Å². The molecular weight excluding hydrogens is 363 g/mol. The minimum atomic E-state index is -4.72. The number of aryl methyl sites for hydroxylation is 1. The normalized spacial score (nSPS) is 12.7. The Morgan fingerprint density at radius 2 is 1.92 bits per heavy atom. The Kier molecular flexibility index (Phi) is 5.36. The van der Waals surface area contributed by atoms with Crippen LogP contribution in [0.4, 0.5) is 13.2 Å². The van der Waals surface area contributed by atoms with Crippen LogP contribution in [0.3, 0.4) is 0 Å². The van der Waals surface area contributed by atoms with Crippen molar-refractivity contribution in [2.24, 2.45) is 0 Å². The smallest absolute Gasteiger partial charge is 0.391 e. The van der Waals surface area contributed by atoms with E-state index in [4.69, 9.17) is 16.7 Å². The molecule has 0 aliphatic rings. The van der Waals surface area contributed by atoms with Crippen LogP contribution >= 0.6 is 11.6 Å². The quantitative estimate of drug-likeness (QED) is 0.841. The van der Waals surface area contributed by atoms with Crippen molar-refractivity contribution in [2.75, 3.05) is 0 Å². The van der Waals surface area contributed by atoms with Gasteiger partial charge >= 0.3 is 12.1 Å². The lowest BCUT2D eigenvalue weighted by atomic mass is 10.1. The molecule has 10 heteroatoms. The third kappa shape index (κ3) is 4.96. The topological polar surface area (TPSA) is 84.2 Å². The molecule has 0 fully saturated rings. The molecule has 0 aliphatic carbocycles. The van der Waals surface area contributed by atoms with Crippen LogP contribution in [0.25, 0.3) is 5.69 Å². The number of aliphatic carboxylic acids is 1. The molecule has 2 aromatic rings. The first-order chi connectivity index (χ1) is 11.6. The fourth-order valence-corrected chi connectivity index (χ4v) is 2.20. The maximum absolute atomic E-state index is 12.4. The predicted molar refractivity (Wildman–Crippen MR) is 82.9 cm³/mol. The first-order valence-electron chi connectivity index (χ1n) is 6.99. The molecule has 1 atom stereocenters. The Morgan fingerprint density at radius 3 is 2.44 bits per heavy atom. The van der Waals surface area contributed by atoms with Crippen LogP contribution in [0.1, 0.15) is 22.5 Å². The number of nitrogens with zero attached hydrogens (tertiary/aromatic N) is 2. The van der Waals surface area contributed by atoms with Gasteiger partial charge in [-0.25, -0.2) is 9.48 Å². The molecule has 0 saturated heterocycles. The van der Waals surface area contributed by atoms with E-state index in [1.54, 1.807) is 24.3 Å². The van der Waals surface area contributed by atoms with Gasteiger partial charge in [-0.2, -0.15) is 18.3 Å². The Labute approximate surface area is 145 Å². The van der Waals surface area contributed by atoms with Crippen molar-refractivity contribution in [3.63, 3.8) is 0 Å². The van der Waals surface area contributed by atoms with Crippen LogP contribution < -0.4 is 5.32 Å². The second-order valence-electron chi connectivity index (χ2n) is 5.23. The van der Waals surface area contributed by atoms with E-state index < -0.39 is 30.5 Å². The summed E-state index contributed by atoms with van der Waals surface area (Å²) in [5.74, 6) is -2.72. The number of halogens is 4. The van der Waals surface area contributed by atoms with Gasteiger partial charge in [0.05, 0.1) is 23.4 Å². The highest BCUT2D eigenvalue weighted by Gasteiger charge is 2.36. The number of carboxylic acid groups (broad SMARTS) is 1. The molecule has 0 spiro atoms. The van der Waals surface area contributed by atoms with E-state index in [9.17, 15) is 22.8 Å². The van der Waals surface area contributed by atoms with E-state index in [1.165, 1.54) is 17.8 Å². The molecule has 2 rings (SSSR count). The third-order valence-electron chi connectivity index (χ3n) is 3.27. The summed E-state index contributed by atoms with van der Waals surface area (Å²) in [4.78, 5) is 23.1. The minimum Gasteiger partial charge on any atom is -0.480 e. The minimum absolute atomic E-state index is 0.0247. The zero-order valence-corrected chi connectivity index (χ0v) is 13.6. The molecule has 0 saturated carbocycles. The van der Waals surface area contributed by atoms with E-state index in [1.807, 2.05) is 5.32 Å². The summed E-state index contributed by atoms with van der Waals surface area (Å²) < 4.78 is 38.6. The van der Waals surface area contributed by atoms with Gasteiger partial charge in [-0.3, -0.25) is 4.79 Å². The number of rotatable bonds is 5. The average molecular weight is 376 g/mol. The number of amides is 1. The number of benzene rings is 1. The number of carbonyl (C=O) groups is 2. The van der Waals surface area contributed by atoms with Crippen molar-refractivity contribution in [1.82, 2.24) is 15.1 Å². The van der Waals surface area contributed by atoms with Crippen molar-refractivity contribution < 1.29 is 27.9 Å². The molecule has 1 heterocycles. The average Bonchev–Trinajstić information content (AvgIpc) is 2.88. The van der Waals surface area contributed by atoms with Gasteiger partial charge in [0.1, 0.15) is 6.04 Å². The van der Waals surface area contributed by atoms with Crippen molar-refractivity contribution in [3.8, 4) is 5.69 Å². The number of carboxylic acids is 1.